The summed E-state index contributed by atoms with van der Waals surface area (Å²) in [6.07, 6.45) is 5.47. The normalized spacial score (nSPS) is 26.1. The van der Waals surface area contributed by atoms with Crippen molar-refractivity contribution in [1.82, 2.24) is 5.32 Å². The molecule has 5 heteroatoms. The first kappa shape index (κ1) is 13.9. The Hall–Kier alpha value is -0.130. The second kappa shape index (κ2) is 6.57. The second-order valence-corrected chi connectivity index (χ2v) is 7.08. The second-order valence-electron chi connectivity index (χ2n) is 4.82. The van der Waals surface area contributed by atoms with Gasteiger partial charge in [-0.25, -0.2) is 8.42 Å². The molecule has 1 aliphatic carbocycles. The maximum atomic E-state index is 10.9. The first-order valence-electron chi connectivity index (χ1n) is 6.02. The van der Waals surface area contributed by atoms with Gasteiger partial charge in [-0.1, -0.05) is 6.42 Å². The molecule has 2 N–H and O–H groups in total. The summed E-state index contributed by atoms with van der Waals surface area (Å²) in [6.45, 7) is 1.95. The predicted octanol–water partition coefficient (Wildman–Crippen LogP) is 0.419. The topological polar surface area (TPSA) is 66.4 Å². The summed E-state index contributed by atoms with van der Waals surface area (Å²) in [5, 5.41) is 12.4. The van der Waals surface area contributed by atoms with Crippen molar-refractivity contribution in [3.8, 4) is 0 Å². The molecule has 16 heavy (non-hydrogen) atoms. The molecule has 1 aliphatic rings. The highest BCUT2D eigenvalue weighted by molar-refractivity contribution is 7.90. The molecule has 0 bridgehead atoms. The summed E-state index contributed by atoms with van der Waals surface area (Å²) in [5.41, 5.74) is 0. The van der Waals surface area contributed by atoms with E-state index < -0.39 is 9.84 Å². The molecule has 2 atom stereocenters. The minimum atomic E-state index is -2.82. The third kappa shape index (κ3) is 5.27. The van der Waals surface area contributed by atoms with Gasteiger partial charge in [0.2, 0.25) is 0 Å². The van der Waals surface area contributed by atoms with Crippen LogP contribution in [0.1, 0.15) is 25.7 Å². The van der Waals surface area contributed by atoms with Gasteiger partial charge in [-0.3, -0.25) is 0 Å². The van der Waals surface area contributed by atoms with Crippen molar-refractivity contribution in [1.29, 1.82) is 0 Å². The van der Waals surface area contributed by atoms with E-state index in [0.717, 1.165) is 19.5 Å². The number of hydrogen-bond acceptors (Lipinski definition) is 4. The maximum Gasteiger partial charge on any atom is 0.147 e. The van der Waals surface area contributed by atoms with Gasteiger partial charge in [0, 0.05) is 12.9 Å². The Morgan fingerprint density at radius 3 is 2.62 bits per heavy atom. The summed E-state index contributed by atoms with van der Waals surface area (Å²) < 4.78 is 21.8. The number of aliphatic hydroxyl groups excluding tert-OH is 1. The number of rotatable bonds is 7. The highest BCUT2D eigenvalue weighted by Crippen LogP contribution is 2.30. The van der Waals surface area contributed by atoms with Crippen molar-refractivity contribution in [2.24, 2.45) is 11.8 Å². The molecule has 4 nitrogen and oxygen atoms in total. The zero-order valence-corrected chi connectivity index (χ0v) is 10.8. The average molecular weight is 249 g/mol. The van der Waals surface area contributed by atoms with Gasteiger partial charge in [0.1, 0.15) is 9.84 Å². The van der Waals surface area contributed by atoms with E-state index in [1.807, 2.05) is 0 Å². The lowest BCUT2D eigenvalue weighted by atomic mass is 9.97. The van der Waals surface area contributed by atoms with Gasteiger partial charge >= 0.3 is 0 Å². The highest BCUT2D eigenvalue weighted by Gasteiger charge is 2.25. The quantitative estimate of drug-likeness (QED) is 0.642. The molecule has 0 amide bonds. The van der Waals surface area contributed by atoms with Crippen LogP contribution in [0.15, 0.2) is 0 Å². The van der Waals surface area contributed by atoms with Crippen molar-refractivity contribution >= 4 is 9.84 Å². The van der Waals surface area contributed by atoms with E-state index in [-0.39, 0.29) is 12.4 Å². The lowest BCUT2D eigenvalue weighted by molar-refractivity contribution is 0.192. The Kier molecular flexibility index (Phi) is 5.72. The van der Waals surface area contributed by atoms with Gasteiger partial charge in [0.25, 0.3) is 0 Å². The predicted molar refractivity (Wildman–Crippen MR) is 65.1 cm³/mol. The third-order valence-electron chi connectivity index (χ3n) is 3.33. The standard InChI is InChI=1S/C11H23NO3S/c1-16(14,15)7-3-6-12-8-10-4-2-5-11(10)9-13/h10-13H,2-9H2,1H3. The van der Waals surface area contributed by atoms with Crippen molar-refractivity contribution in [2.75, 3.05) is 31.7 Å². The van der Waals surface area contributed by atoms with E-state index >= 15 is 0 Å². The van der Waals surface area contributed by atoms with E-state index in [4.69, 9.17) is 5.11 Å². The summed E-state index contributed by atoms with van der Waals surface area (Å²) in [7, 11) is -2.82. The minimum Gasteiger partial charge on any atom is -0.396 e. The molecule has 2 unspecified atom stereocenters. The molecule has 0 aliphatic heterocycles. The van der Waals surface area contributed by atoms with Gasteiger partial charge in [-0.15, -0.1) is 0 Å². The Bertz CT molecular complexity index is 290. The number of aliphatic hydroxyl groups is 1. The van der Waals surface area contributed by atoms with Crippen molar-refractivity contribution in [2.45, 2.75) is 25.7 Å². The van der Waals surface area contributed by atoms with Crippen LogP contribution in [0, 0.1) is 11.8 Å². The van der Waals surface area contributed by atoms with E-state index in [1.165, 1.54) is 19.1 Å². The lowest BCUT2D eigenvalue weighted by Gasteiger charge is -2.17. The molecular weight excluding hydrogens is 226 g/mol. The first-order valence-corrected chi connectivity index (χ1v) is 8.08. The molecule has 96 valence electrons. The van der Waals surface area contributed by atoms with Crippen LogP contribution in [0.4, 0.5) is 0 Å². The summed E-state index contributed by atoms with van der Waals surface area (Å²) >= 11 is 0. The van der Waals surface area contributed by atoms with Gasteiger partial charge in [-0.2, -0.15) is 0 Å². The van der Waals surface area contributed by atoms with Crippen LogP contribution < -0.4 is 5.32 Å². The molecular formula is C11H23NO3S. The highest BCUT2D eigenvalue weighted by atomic mass is 32.2. The fourth-order valence-corrected chi connectivity index (χ4v) is 3.04. The van der Waals surface area contributed by atoms with Crippen molar-refractivity contribution in [3.05, 3.63) is 0 Å². The third-order valence-corrected chi connectivity index (χ3v) is 4.36. The Morgan fingerprint density at radius 1 is 1.31 bits per heavy atom. The molecule has 1 fully saturated rings. The zero-order valence-electron chi connectivity index (χ0n) is 9.98. The van der Waals surface area contributed by atoms with Crippen LogP contribution in [0.2, 0.25) is 0 Å². The molecule has 0 aromatic carbocycles. The van der Waals surface area contributed by atoms with Crippen LogP contribution in [-0.4, -0.2) is 45.2 Å². The fraction of sp³-hybridized carbons (Fsp3) is 1.00. The lowest BCUT2D eigenvalue weighted by Crippen LogP contribution is -2.28. The van der Waals surface area contributed by atoms with E-state index in [0.29, 0.717) is 18.3 Å². The minimum absolute atomic E-state index is 0.258. The summed E-state index contributed by atoms with van der Waals surface area (Å²) in [5.74, 6) is 1.28. The molecule has 0 spiro atoms. The molecule has 0 heterocycles. The number of sulfone groups is 1. The van der Waals surface area contributed by atoms with Crippen LogP contribution in [0.3, 0.4) is 0 Å². The maximum absolute atomic E-state index is 10.9. The molecule has 1 rings (SSSR count). The van der Waals surface area contributed by atoms with Crippen LogP contribution >= 0.6 is 0 Å². The van der Waals surface area contributed by atoms with Crippen LogP contribution in [-0.2, 0) is 9.84 Å². The summed E-state index contributed by atoms with van der Waals surface area (Å²) in [6, 6.07) is 0. The van der Waals surface area contributed by atoms with Gasteiger partial charge in [0.05, 0.1) is 5.75 Å². The monoisotopic (exact) mass is 249 g/mol. The van der Waals surface area contributed by atoms with Crippen LogP contribution in [0.25, 0.3) is 0 Å². The Labute approximate surface area is 98.4 Å². The van der Waals surface area contributed by atoms with E-state index in [2.05, 4.69) is 5.32 Å². The van der Waals surface area contributed by atoms with Crippen molar-refractivity contribution < 1.29 is 13.5 Å². The smallest absolute Gasteiger partial charge is 0.147 e. The largest absolute Gasteiger partial charge is 0.396 e. The fourth-order valence-electron chi connectivity index (χ4n) is 2.37. The van der Waals surface area contributed by atoms with Crippen LogP contribution in [0.5, 0.6) is 0 Å². The molecule has 0 radical (unpaired) electrons. The molecule has 1 saturated carbocycles. The Balaban J connectivity index is 2.07. The number of nitrogens with one attached hydrogen (secondary N) is 1. The van der Waals surface area contributed by atoms with Crippen molar-refractivity contribution in [3.63, 3.8) is 0 Å². The molecule has 0 aromatic heterocycles. The van der Waals surface area contributed by atoms with Gasteiger partial charge in [-0.05, 0) is 44.2 Å². The first-order chi connectivity index (χ1) is 7.53. The average Bonchev–Trinajstić information content (AvgIpc) is 2.63. The summed E-state index contributed by atoms with van der Waals surface area (Å²) in [4.78, 5) is 0. The van der Waals surface area contributed by atoms with E-state index in [1.54, 1.807) is 0 Å². The van der Waals surface area contributed by atoms with Gasteiger partial charge < -0.3 is 10.4 Å². The van der Waals surface area contributed by atoms with Gasteiger partial charge in [0.15, 0.2) is 0 Å². The SMILES string of the molecule is CS(=O)(=O)CCCNCC1CCCC1CO. The Morgan fingerprint density at radius 2 is 2.00 bits per heavy atom. The molecule has 0 aromatic rings. The zero-order chi connectivity index (χ0) is 12.0. The van der Waals surface area contributed by atoms with E-state index in [9.17, 15) is 8.42 Å². The molecule has 0 saturated heterocycles. The number of hydrogen-bond donors (Lipinski definition) is 2.